The lowest BCUT2D eigenvalue weighted by Crippen LogP contribution is -2.44. The molecular weight excluding hydrogens is 456 g/mol. The molecule has 0 bridgehead atoms. The summed E-state index contributed by atoms with van der Waals surface area (Å²) in [5.74, 6) is 0.627. The molecule has 8 heteroatoms. The Bertz CT molecular complexity index is 1120. The molecule has 0 atom stereocenters. The van der Waals surface area contributed by atoms with Crippen molar-refractivity contribution in [3.63, 3.8) is 0 Å². The molecule has 1 saturated heterocycles. The van der Waals surface area contributed by atoms with Crippen LogP contribution in [0.2, 0.25) is 0 Å². The third-order valence-electron chi connectivity index (χ3n) is 6.66. The van der Waals surface area contributed by atoms with Crippen LogP contribution in [0.4, 0.5) is 0 Å². The van der Waals surface area contributed by atoms with E-state index < -0.39 is 5.60 Å². The number of aliphatic hydroxyl groups is 1. The van der Waals surface area contributed by atoms with Gasteiger partial charge < -0.3 is 29.9 Å². The lowest BCUT2D eigenvalue weighted by molar-refractivity contribution is -0.117. The Balaban J connectivity index is 1.74. The highest BCUT2D eigenvalue weighted by atomic mass is 16.5. The molecule has 1 aromatic heterocycles. The fourth-order valence-corrected chi connectivity index (χ4v) is 4.85. The van der Waals surface area contributed by atoms with E-state index in [2.05, 4.69) is 26.7 Å². The fourth-order valence-electron chi connectivity index (χ4n) is 4.85. The van der Waals surface area contributed by atoms with Gasteiger partial charge in [0.05, 0.1) is 30.4 Å². The molecule has 8 nitrogen and oxygen atoms in total. The van der Waals surface area contributed by atoms with Gasteiger partial charge in [-0.15, -0.1) is 0 Å². The number of pyridine rings is 1. The molecule has 1 amide bonds. The van der Waals surface area contributed by atoms with Crippen LogP contribution in [0.1, 0.15) is 44.9 Å². The molecule has 196 valence electrons. The number of aryl methyl sites for hydroxylation is 1. The quantitative estimate of drug-likeness (QED) is 0.512. The first-order valence-electron chi connectivity index (χ1n) is 12.5. The van der Waals surface area contributed by atoms with Crippen LogP contribution in [0.5, 0.6) is 5.75 Å². The van der Waals surface area contributed by atoms with Gasteiger partial charge in [0.1, 0.15) is 5.75 Å². The highest BCUT2D eigenvalue weighted by molar-refractivity contribution is 5.99. The summed E-state index contributed by atoms with van der Waals surface area (Å²) in [6, 6.07) is 1.74. The Morgan fingerprint density at radius 3 is 2.61 bits per heavy atom. The van der Waals surface area contributed by atoms with Crippen molar-refractivity contribution in [2.75, 3.05) is 33.3 Å². The van der Waals surface area contributed by atoms with Crippen LogP contribution in [0.25, 0.3) is 0 Å². The number of hydrogen-bond acceptors (Lipinski definition) is 6. The van der Waals surface area contributed by atoms with E-state index in [1.807, 2.05) is 45.2 Å². The topological polar surface area (TPSA) is 97.9 Å². The van der Waals surface area contributed by atoms with Crippen LogP contribution < -0.4 is 15.6 Å². The predicted octanol–water partition coefficient (Wildman–Crippen LogP) is 3.01. The number of H-pyrrole nitrogens is 1. The lowest BCUT2D eigenvalue weighted by Gasteiger charge is -2.37. The third kappa shape index (κ3) is 7.21. The number of nitrogens with one attached hydrogen (secondary N) is 2. The van der Waals surface area contributed by atoms with Crippen molar-refractivity contribution < 1.29 is 14.6 Å². The number of aromatic amines is 1. The molecule has 0 saturated carbocycles. The van der Waals surface area contributed by atoms with Gasteiger partial charge in [-0.2, -0.15) is 0 Å². The maximum atomic E-state index is 13.4. The summed E-state index contributed by atoms with van der Waals surface area (Å²) in [4.78, 5) is 33.0. The number of piperidine rings is 1. The molecule has 2 aliphatic rings. The zero-order valence-corrected chi connectivity index (χ0v) is 22.2. The summed E-state index contributed by atoms with van der Waals surface area (Å²) >= 11 is 0. The van der Waals surface area contributed by atoms with E-state index in [-0.39, 0.29) is 18.0 Å². The highest BCUT2D eigenvalue weighted by Crippen LogP contribution is 2.26. The number of rotatable bonds is 8. The van der Waals surface area contributed by atoms with Gasteiger partial charge in [0.25, 0.3) is 11.5 Å². The number of β-amino-alcohol motifs (C(OH)–C–C–N with tert-alkyl or cyclic N) is 1. The highest BCUT2D eigenvalue weighted by Gasteiger charge is 2.26. The van der Waals surface area contributed by atoms with Gasteiger partial charge in [0.15, 0.2) is 0 Å². The number of carbonyl (C=O) groups is 1. The van der Waals surface area contributed by atoms with Crippen molar-refractivity contribution in [1.82, 2.24) is 20.1 Å². The van der Waals surface area contributed by atoms with Crippen LogP contribution >= 0.6 is 0 Å². The summed E-state index contributed by atoms with van der Waals surface area (Å²) in [5.41, 5.74) is 2.02. The van der Waals surface area contributed by atoms with Gasteiger partial charge in [0.2, 0.25) is 0 Å². The first kappa shape index (κ1) is 27.5. The number of allylic oxidation sites excluding steroid dienone is 4. The van der Waals surface area contributed by atoms with E-state index in [0.29, 0.717) is 40.6 Å². The second kappa shape index (κ2) is 11.8. The number of nitrogens with zero attached hydrogens (tertiary/aromatic N) is 2. The summed E-state index contributed by atoms with van der Waals surface area (Å²) < 4.78 is 5.35. The Morgan fingerprint density at radius 2 is 1.97 bits per heavy atom. The number of carbonyl (C=O) groups excluding carboxylic acids is 1. The molecule has 36 heavy (non-hydrogen) atoms. The zero-order valence-electron chi connectivity index (χ0n) is 22.2. The van der Waals surface area contributed by atoms with Gasteiger partial charge >= 0.3 is 0 Å². The molecule has 1 fully saturated rings. The third-order valence-corrected chi connectivity index (χ3v) is 6.66. The maximum Gasteiger partial charge on any atom is 0.256 e. The van der Waals surface area contributed by atoms with Crippen molar-refractivity contribution in [3.05, 3.63) is 75.5 Å². The van der Waals surface area contributed by atoms with Gasteiger partial charge in [-0.25, -0.2) is 0 Å². The van der Waals surface area contributed by atoms with Crippen LogP contribution in [0.15, 0.2) is 58.7 Å². The molecule has 0 spiro atoms. The lowest BCUT2D eigenvalue weighted by atomic mass is 9.94. The first-order valence-corrected chi connectivity index (χ1v) is 12.5. The molecule has 0 aliphatic carbocycles. The van der Waals surface area contributed by atoms with Crippen molar-refractivity contribution >= 4 is 5.91 Å². The monoisotopic (exact) mass is 496 g/mol. The van der Waals surface area contributed by atoms with E-state index in [4.69, 9.17) is 4.74 Å². The van der Waals surface area contributed by atoms with E-state index in [9.17, 15) is 14.7 Å². The molecule has 1 aromatic rings. The van der Waals surface area contributed by atoms with E-state index >= 15 is 0 Å². The van der Waals surface area contributed by atoms with E-state index in [0.717, 1.165) is 38.2 Å². The number of methoxy groups -OCH3 is 1. The molecule has 0 aromatic carbocycles. The largest absolute Gasteiger partial charge is 0.496 e. The van der Waals surface area contributed by atoms with E-state index in [1.54, 1.807) is 13.0 Å². The molecule has 2 aliphatic heterocycles. The molecule has 3 rings (SSSR count). The Kier molecular flexibility index (Phi) is 8.98. The molecule has 0 unspecified atom stereocenters. The summed E-state index contributed by atoms with van der Waals surface area (Å²) in [6.07, 6.45) is 9.73. The summed E-state index contributed by atoms with van der Waals surface area (Å²) in [7, 11) is 1.51. The molecule has 0 radical (unpaired) electrons. The van der Waals surface area contributed by atoms with Crippen LogP contribution in [0.3, 0.4) is 0 Å². The van der Waals surface area contributed by atoms with Crippen molar-refractivity contribution in [1.29, 1.82) is 0 Å². The predicted molar refractivity (Wildman–Crippen MR) is 142 cm³/mol. The standard InChI is InChI=1S/C28H40N4O4/c1-19-9-7-8-12-32(17-22-10-13-31(14-11-22)18-28(4,5)35)21(3)25(19)27(34)29-16-23-24(36-6)15-20(2)30-26(23)33/h7-9,12,15,22,35H,1,10-11,13-14,16-18H2,2-6H3,(H,29,34)(H,30,33)/b9-7-,12-8-,25-21+. The number of ether oxygens (including phenoxy) is 1. The van der Waals surface area contributed by atoms with Crippen LogP contribution in [-0.2, 0) is 11.3 Å². The molecule has 3 heterocycles. The van der Waals surface area contributed by atoms with Crippen molar-refractivity contribution in [2.45, 2.75) is 52.7 Å². The fraction of sp³-hybridized carbons (Fsp3) is 0.500. The van der Waals surface area contributed by atoms with Crippen LogP contribution in [-0.4, -0.2) is 64.7 Å². The number of likely N-dealkylation sites (tertiary alicyclic amines) is 1. The van der Waals surface area contributed by atoms with Gasteiger partial charge in [0, 0.05) is 30.7 Å². The average Bonchev–Trinajstić information content (AvgIpc) is 2.79. The molecule has 3 N–H and O–H groups in total. The number of hydrogen-bond donors (Lipinski definition) is 3. The average molecular weight is 497 g/mol. The van der Waals surface area contributed by atoms with Crippen molar-refractivity contribution in [2.24, 2.45) is 5.92 Å². The second-order valence-corrected chi connectivity index (χ2v) is 10.4. The number of amides is 1. The maximum absolute atomic E-state index is 13.4. The van der Waals surface area contributed by atoms with E-state index in [1.165, 1.54) is 7.11 Å². The minimum absolute atomic E-state index is 0.0426. The smallest absolute Gasteiger partial charge is 0.256 e. The summed E-state index contributed by atoms with van der Waals surface area (Å²) in [5, 5.41) is 13.0. The Hall–Kier alpha value is -3.10. The SMILES string of the molecule is C=C1/C=C\C=C/N(CC2CCN(CC(C)(C)O)CC2)/C(C)=C\1C(=O)NCc1c(OC)cc(C)[nH]c1=O. The molecular formula is C28H40N4O4. The van der Waals surface area contributed by atoms with Gasteiger partial charge in [-0.1, -0.05) is 18.7 Å². The van der Waals surface area contributed by atoms with Crippen molar-refractivity contribution in [3.8, 4) is 5.75 Å². The Morgan fingerprint density at radius 1 is 1.28 bits per heavy atom. The minimum atomic E-state index is -0.694. The summed E-state index contributed by atoms with van der Waals surface area (Å²) in [6.45, 7) is 14.9. The second-order valence-electron chi connectivity index (χ2n) is 10.4. The van der Waals surface area contributed by atoms with Gasteiger partial charge in [-0.05, 0) is 77.3 Å². The number of aromatic nitrogens is 1. The normalized spacial score (nSPS) is 21.6. The Labute approximate surface area is 214 Å². The zero-order chi connectivity index (χ0) is 26.5. The minimum Gasteiger partial charge on any atom is -0.496 e. The van der Waals surface area contributed by atoms with Gasteiger partial charge in [-0.3, -0.25) is 9.59 Å². The van der Waals surface area contributed by atoms with Crippen LogP contribution in [0, 0.1) is 12.8 Å². The first-order chi connectivity index (χ1) is 17.0.